The number of amides is 1. The van der Waals surface area contributed by atoms with E-state index in [9.17, 15) is 4.79 Å². The molecular formula is C19H18N6O2S. The molecule has 9 heteroatoms. The minimum atomic E-state index is -0.0709. The average molecular weight is 394 g/mol. The fraction of sp³-hybridized carbons (Fsp3) is 0.263. The van der Waals surface area contributed by atoms with Crippen LogP contribution in [0, 0.1) is 0 Å². The van der Waals surface area contributed by atoms with Gasteiger partial charge in [0.1, 0.15) is 0 Å². The molecule has 142 valence electrons. The number of thiophene rings is 1. The Labute approximate surface area is 164 Å². The molecule has 0 spiro atoms. The molecule has 0 aromatic carbocycles. The van der Waals surface area contributed by atoms with Crippen LogP contribution in [0.3, 0.4) is 0 Å². The van der Waals surface area contributed by atoms with Gasteiger partial charge in [0.2, 0.25) is 0 Å². The number of carbonyl (C=O) groups excluding carboxylic acids is 1. The number of nitrogens with zero attached hydrogens (tertiary/aromatic N) is 4. The first-order chi connectivity index (χ1) is 13.8. The summed E-state index contributed by atoms with van der Waals surface area (Å²) in [6.07, 6.45) is 11.2. The molecule has 1 aliphatic rings. The predicted octanol–water partition coefficient (Wildman–Crippen LogP) is 2.76. The fourth-order valence-corrected chi connectivity index (χ4v) is 4.15. The van der Waals surface area contributed by atoms with Gasteiger partial charge in [0, 0.05) is 48.4 Å². The van der Waals surface area contributed by atoms with Crippen molar-refractivity contribution in [1.29, 1.82) is 0 Å². The van der Waals surface area contributed by atoms with Crippen LogP contribution in [0.25, 0.3) is 27.9 Å². The molecule has 8 nitrogen and oxygen atoms in total. The Hall–Kier alpha value is -3.04. The van der Waals surface area contributed by atoms with Gasteiger partial charge in [-0.25, -0.2) is 9.50 Å². The topological polar surface area (TPSA) is 97.2 Å². The fourth-order valence-electron chi connectivity index (χ4n) is 3.33. The van der Waals surface area contributed by atoms with E-state index in [1.165, 1.54) is 11.3 Å². The molecular weight excluding hydrogens is 376 g/mol. The monoisotopic (exact) mass is 394 g/mol. The van der Waals surface area contributed by atoms with Gasteiger partial charge in [-0.2, -0.15) is 10.2 Å². The van der Waals surface area contributed by atoms with Gasteiger partial charge < -0.3 is 10.1 Å². The van der Waals surface area contributed by atoms with E-state index in [-0.39, 0.29) is 12.0 Å². The van der Waals surface area contributed by atoms with Crippen molar-refractivity contribution in [1.82, 2.24) is 30.1 Å². The number of hydrogen-bond donors (Lipinski definition) is 2. The number of H-pyrrole nitrogens is 1. The summed E-state index contributed by atoms with van der Waals surface area (Å²) in [7, 11) is 0. The van der Waals surface area contributed by atoms with Crippen LogP contribution in [0.1, 0.15) is 22.5 Å². The smallest absolute Gasteiger partial charge is 0.261 e. The van der Waals surface area contributed by atoms with Crippen LogP contribution in [0.4, 0.5) is 0 Å². The van der Waals surface area contributed by atoms with E-state index in [1.807, 2.05) is 23.8 Å². The van der Waals surface area contributed by atoms with Gasteiger partial charge in [-0.1, -0.05) is 0 Å². The Morgan fingerprint density at radius 2 is 2.29 bits per heavy atom. The lowest BCUT2D eigenvalue weighted by Gasteiger charge is -2.09. The molecule has 0 saturated carbocycles. The van der Waals surface area contributed by atoms with Gasteiger partial charge in [0.15, 0.2) is 5.65 Å². The van der Waals surface area contributed by atoms with Crippen molar-refractivity contribution in [2.45, 2.75) is 18.9 Å². The summed E-state index contributed by atoms with van der Waals surface area (Å²) in [6.45, 7) is 1.34. The Morgan fingerprint density at radius 3 is 3.11 bits per heavy atom. The zero-order valence-electron chi connectivity index (χ0n) is 15.0. The number of carbonyl (C=O) groups is 1. The van der Waals surface area contributed by atoms with Crippen LogP contribution in [0.2, 0.25) is 0 Å². The lowest BCUT2D eigenvalue weighted by Crippen LogP contribution is -2.31. The number of nitrogens with one attached hydrogen (secondary N) is 2. The molecule has 4 aromatic heterocycles. The van der Waals surface area contributed by atoms with Gasteiger partial charge in [0.25, 0.3) is 5.91 Å². The van der Waals surface area contributed by atoms with Gasteiger partial charge in [-0.15, -0.1) is 11.3 Å². The lowest BCUT2D eigenvalue weighted by molar-refractivity contribution is 0.0861. The van der Waals surface area contributed by atoms with Crippen molar-refractivity contribution >= 4 is 22.9 Å². The first kappa shape index (κ1) is 17.1. The van der Waals surface area contributed by atoms with Crippen LogP contribution >= 0.6 is 11.3 Å². The molecule has 28 heavy (non-hydrogen) atoms. The van der Waals surface area contributed by atoms with Gasteiger partial charge >= 0.3 is 0 Å². The summed E-state index contributed by atoms with van der Waals surface area (Å²) in [6, 6.07) is 1.89. The minimum Gasteiger partial charge on any atom is -0.376 e. The second kappa shape index (κ2) is 7.17. The third-order valence-corrected chi connectivity index (χ3v) is 5.77. The van der Waals surface area contributed by atoms with Crippen LogP contribution in [-0.2, 0) is 4.74 Å². The first-order valence-corrected chi connectivity index (χ1v) is 9.97. The summed E-state index contributed by atoms with van der Waals surface area (Å²) < 4.78 is 7.29. The molecule has 2 N–H and O–H groups in total. The zero-order chi connectivity index (χ0) is 18.9. The third-order valence-electron chi connectivity index (χ3n) is 4.84. The van der Waals surface area contributed by atoms with Crippen molar-refractivity contribution in [3.05, 3.63) is 47.3 Å². The Morgan fingerprint density at radius 1 is 1.32 bits per heavy atom. The lowest BCUT2D eigenvalue weighted by atomic mass is 10.1. The van der Waals surface area contributed by atoms with E-state index in [2.05, 4.69) is 25.6 Å². The van der Waals surface area contributed by atoms with Crippen molar-refractivity contribution in [2.24, 2.45) is 0 Å². The standard InChI is InChI=1S/C19H18N6O2S/c26-19(21-8-15-2-1-3-27-15)17-4-12(11-28-17)16-9-24-25-10-14(5-20-18(16)25)13-6-22-23-7-13/h4-7,9-11,15H,1-3,8H2,(H,21,26)(H,22,23). The molecule has 0 bridgehead atoms. The molecule has 5 heterocycles. The second-order valence-electron chi connectivity index (χ2n) is 6.70. The highest BCUT2D eigenvalue weighted by atomic mass is 32.1. The molecule has 1 unspecified atom stereocenters. The largest absolute Gasteiger partial charge is 0.376 e. The van der Waals surface area contributed by atoms with Crippen molar-refractivity contribution in [2.75, 3.05) is 13.2 Å². The average Bonchev–Trinajstić information content (AvgIpc) is 3.51. The number of ether oxygens (including phenoxy) is 1. The molecule has 4 aromatic rings. The number of rotatable bonds is 5. The summed E-state index contributed by atoms with van der Waals surface area (Å²) in [5.41, 5.74) is 4.46. The molecule has 1 aliphatic heterocycles. The molecule has 5 rings (SSSR count). The van der Waals surface area contributed by atoms with Crippen LogP contribution in [-0.4, -0.2) is 50.0 Å². The molecule has 1 saturated heterocycles. The highest BCUT2D eigenvalue weighted by Gasteiger charge is 2.18. The predicted molar refractivity (Wildman–Crippen MR) is 105 cm³/mol. The molecule has 1 fully saturated rings. The Bertz CT molecular complexity index is 1110. The maximum absolute atomic E-state index is 12.4. The van der Waals surface area contributed by atoms with E-state index >= 15 is 0 Å². The molecule has 1 amide bonds. The normalized spacial score (nSPS) is 16.6. The highest BCUT2D eigenvalue weighted by Crippen LogP contribution is 2.29. The van der Waals surface area contributed by atoms with Gasteiger partial charge in [-0.05, 0) is 29.9 Å². The number of aromatic nitrogens is 5. The maximum Gasteiger partial charge on any atom is 0.261 e. The maximum atomic E-state index is 12.4. The number of fused-ring (bicyclic) bond motifs is 1. The third kappa shape index (κ3) is 3.19. The van der Waals surface area contributed by atoms with E-state index in [0.717, 1.165) is 47.3 Å². The van der Waals surface area contributed by atoms with E-state index in [1.54, 1.807) is 23.1 Å². The minimum absolute atomic E-state index is 0.0709. The van der Waals surface area contributed by atoms with E-state index < -0.39 is 0 Å². The van der Waals surface area contributed by atoms with Crippen molar-refractivity contribution in [3.8, 4) is 22.3 Å². The quantitative estimate of drug-likeness (QED) is 0.542. The summed E-state index contributed by atoms with van der Waals surface area (Å²) in [5, 5.41) is 16.1. The zero-order valence-corrected chi connectivity index (χ0v) is 15.8. The summed E-state index contributed by atoms with van der Waals surface area (Å²) >= 11 is 1.42. The summed E-state index contributed by atoms with van der Waals surface area (Å²) in [5.74, 6) is -0.0709. The number of hydrogen-bond acceptors (Lipinski definition) is 6. The highest BCUT2D eigenvalue weighted by molar-refractivity contribution is 7.12. The van der Waals surface area contributed by atoms with Crippen LogP contribution < -0.4 is 5.32 Å². The van der Waals surface area contributed by atoms with Crippen LogP contribution in [0.5, 0.6) is 0 Å². The molecule has 0 radical (unpaired) electrons. The Kier molecular flexibility index (Phi) is 4.38. The Balaban J connectivity index is 1.36. The van der Waals surface area contributed by atoms with Gasteiger partial charge in [-0.3, -0.25) is 9.89 Å². The van der Waals surface area contributed by atoms with E-state index in [0.29, 0.717) is 11.4 Å². The van der Waals surface area contributed by atoms with Gasteiger partial charge in [0.05, 0.1) is 23.4 Å². The summed E-state index contributed by atoms with van der Waals surface area (Å²) in [4.78, 5) is 17.7. The first-order valence-electron chi connectivity index (χ1n) is 9.09. The van der Waals surface area contributed by atoms with Crippen molar-refractivity contribution in [3.63, 3.8) is 0 Å². The van der Waals surface area contributed by atoms with Crippen LogP contribution in [0.15, 0.2) is 42.4 Å². The molecule has 0 aliphatic carbocycles. The SMILES string of the molecule is O=C(NCC1CCCO1)c1cc(-c2cnn3cc(-c4cn[nH]c4)cnc23)cs1. The second-order valence-corrected chi connectivity index (χ2v) is 7.61. The van der Waals surface area contributed by atoms with E-state index in [4.69, 9.17) is 4.74 Å². The molecule has 1 atom stereocenters. The van der Waals surface area contributed by atoms with Crippen molar-refractivity contribution < 1.29 is 9.53 Å². The number of aromatic amines is 1.